The lowest BCUT2D eigenvalue weighted by Crippen LogP contribution is -2.41. The van der Waals surface area contributed by atoms with Gasteiger partial charge in [0.2, 0.25) is 0 Å². The van der Waals surface area contributed by atoms with Crippen LogP contribution in [0.5, 0.6) is 0 Å². The summed E-state index contributed by atoms with van der Waals surface area (Å²) in [6, 6.07) is 12.7. The number of nitrogens with one attached hydrogen (secondary N) is 1. The molecule has 1 unspecified atom stereocenters. The third-order valence-corrected chi connectivity index (χ3v) is 5.67. The minimum absolute atomic E-state index is 0.360. The normalized spacial score (nSPS) is 15.9. The van der Waals surface area contributed by atoms with E-state index in [9.17, 15) is 13.3 Å². The lowest BCUT2D eigenvalue weighted by atomic mass is 10.0. The van der Waals surface area contributed by atoms with Crippen LogP contribution in [-0.2, 0) is 22.1 Å². The van der Waals surface area contributed by atoms with E-state index in [2.05, 4.69) is 15.0 Å². The van der Waals surface area contributed by atoms with Crippen molar-refractivity contribution in [1.82, 2.24) is 10.1 Å². The molecule has 1 aliphatic rings. The first-order valence-corrected chi connectivity index (χ1v) is 12.0. The molecule has 0 amide bonds. The SMILES string of the molecule is NC1C(c2cc(Cc3ccc(CNc4cc(F)cc(F)c4)cc3)no2)=CC=CN1COP(=O)(O)O. The van der Waals surface area contributed by atoms with Crippen molar-refractivity contribution in [2.24, 2.45) is 5.73 Å². The summed E-state index contributed by atoms with van der Waals surface area (Å²) in [5.41, 5.74) is 9.70. The van der Waals surface area contributed by atoms with Crippen molar-refractivity contribution in [3.63, 3.8) is 0 Å². The summed E-state index contributed by atoms with van der Waals surface area (Å²) in [5.74, 6) is -0.850. The van der Waals surface area contributed by atoms with E-state index in [1.165, 1.54) is 17.0 Å². The third-order valence-electron chi connectivity index (χ3n) is 5.22. The van der Waals surface area contributed by atoms with Crippen LogP contribution in [0.25, 0.3) is 5.57 Å². The minimum Gasteiger partial charge on any atom is -0.381 e. The number of nitrogens with two attached hydrogens (primary N) is 1. The summed E-state index contributed by atoms with van der Waals surface area (Å²) in [6.45, 7) is 0.00864. The van der Waals surface area contributed by atoms with Gasteiger partial charge in [0.15, 0.2) is 5.76 Å². The van der Waals surface area contributed by atoms with Gasteiger partial charge < -0.3 is 30.3 Å². The van der Waals surface area contributed by atoms with Gasteiger partial charge in [0.25, 0.3) is 0 Å². The molecule has 5 N–H and O–H groups in total. The first kappa shape index (κ1) is 24.8. The molecular weight excluding hydrogens is 481 g/mol. The van der Waals surface area contributed by atoms with E-state index in [0.29, 0.717) is 35.7 Å². The topological polar surface area (TPSA) is 134 Å². The number of allylic oxidation sites excluding steroid dienone is 2. The molecule has 0 spiro atoms. The van der Waals surface area contributed by atoms with Crippen molar-refractivity contribution in [3.05, 3.63) is 101 Å². The zero-order valence-corrected chi connectivity index (χ0v) is 19.2. The summed E-state index contributed by atoms with van der Waals surface area (Å²) in [7, 11) is -4.63. The van der Waals surface area contributed by atoms with Gasteiger partial charge in [-0.25, -0.2) is 13.3 Å². The van der Waals surface area contributed by atoms with Gasteiger partial charge in [0, 0.05) is 42.6 Å². The number of nitrogens with zero attached hydrogens (tertiary/aromatic N) is 2. The molecule has 0 saturated carbocycles. The van der Waals surface area contributed by atoms with Crippen molar-refractivity contribution in [2.75, 3.05) is 12.0 Å². The Balaban J connectivity index is 1.35. The fraction of sp³-hybridized carbons (Fsp3) is 0.174. The molecule has 184 valence electrons. The summed E-state index contributed by atoms with van der Waals surface area (Å²) in [4.78, 5) is 19.2. The minimum atomic E-state index is -4.63. The van der Waals surface area contributed by atoms with Gasteiger partial charge in [-0.3, -0.25) is 4.52 Å². The van der Waals surface area contributed by atoms with Crippen molar-refractivity contribution in [1.29, 1.82) is 0 Å². The molecule has 3 aromatic rings. The highest BCUT2D eigenvalue weighted by Gasteiger charge is 2.25. The van der Waals surface area contributed by atoms with Crippen molar-refractivity contribution in [3.8, 4) is 0 Å². The van der Waals surface area contributed by atoms with E-state index in [1.807, 2.05) is 24.3 Å². The van der Waals surface area contributed by atoms with Crippen molar-refractivity contribution in [2.45, 2.75) is 19.1 Å². The van der Waals surface area contributed by atoms with Crippen LogP contribution >= 0.6 is 7.82 Å². The number of anilines is 1. The second-order valence-corrected chi connectivity index (χ2v) is 9.10. The van der Waals surface area contributed by atoms with E-state index < -0.39 is 32.4 Å². The first-order valence-electron chi connectivity index (χ1n) is 10.5. The molecule has 2 aromatic carbocycles. The van der Waals surface area contributed by atoms with E-state index in [-0.39, 0.29) is 0 Å². The summed E-state index contributed by atoms with van der Waals surface area (Å²) >= 11 is 0. The molecule has 0 bridgehead atoms. The summed E-state index contributed by atoms with van der Waals surface area (Å²) < 4.78 is 47.5. The maximum absolute atomic E-state index is 13.3. The highest BCUT2D eigenvalue weighted by Crippen LogP contribution is 2.36. The van der Waals surface area contributed by atoms with Gasteiger partial charge in [-0.1, -0.05) is 35.5 Å². The Labute approximate surface area is 199 Å². The Morgan fingerprint density at radius 1 is 1.11 bits per heavy atom. The fourth-order valence-electron chi connectivity index (χ4n) is 3.50. The van der Waals surface area contributed by atoms with Crippen LogP contribution < -0.4 is 11.1 Å². The molecule has 35 heavy (non-hydrogen) atoms. The zero-order chi connectivity index (χ0) is 25.0. The van der Waals surface area contributed by atoms with Crippen LogP contribution in [0, 0.1) is 11.6 Å². The molecule has 0 saturated heterocycles. The maximum atomic E-state index is 13.3. The zero-order valence-electron chi connectivity index (χ0n) is 18.3. The van der Waals surface area contributed by atoms with Crippen molar-refractivity contribution >= 4 is 19.1 Å². The number of hydrogen-bond donors (Lipinski definition) is 4. The Morgan fingerprint density at radius 3 is 2.49 bits per heavy atom. The Morgan fingerprint density at radius 2 is 1.80 bits per heavy atom. The molecule has 4 rings (SSSR count). The molecule has 9 nitrogen and oxygen atoms in total. The average molecular weight is 504 g/mol. The van der Waals surface area contributed by atoms with Gasteiger partial charge in [-0.2, -0.15) is 0 Å². The highest BCUT2D eigenvalue weighted by molar-refractivity contribution is 7.46. The highest BCUT2D eigenvalue weighted by atomic mass is 31.2. The quantitative estimate of drug-likeness (QED) is 0.322. The number of benzene rings is 2. The molecule has 0 fully saturated rings. The number of phosphoric acid groups is 1. The molecule has 1 atom stereocenters. The fourth-order valence-corrected chi connectivity index (χ4v) is 3.78. The monoisotopic (exact) mass is 504 g/mol. The lowest BCUT2D eigenvalue weighted by Gasteiger charge is -2.30. The number of halogens is 2. The molecule has 1 aromatic heterocycles. The number of hydrogen-bond acceptors (Lipinski definition) is 7. The predicted octanol–water partition coefficient (Wildman–Crippen LogP) is 3.72. The molecule has 1 aliphatic heterocycles. The van der Waals surface area contributed by atoms with Crippen LogP contribution in [0.2, 0.25) is 0 Å². The number of aromatic nitrogens is 1. The Hall–Kier alpha value is -3.34. The molecule has 0 radical (unpaired) electrons. The average Bonchev–Trinajstić information content (AvgIpc) is 3.25. The molecule has 2 heterocycles. The van der Waals surface area contributed by atoms with Gasteiger partial charge in [-0.15, -0.1) is 0 Å². The van der Waals surface area contributed by atoms with Gasteiger partial charge in [-0.05, 0) is 29.3 Å². The van der Waals surface area contributed by atoms with Crippen molar-refractivity contribution < 1.29 is 32.2 Å². The van der Waals surface area contributed by atoms with Crippen LogP contribution in [0.15, 0.2) is 71.4 Å². The summed E-state index contributed by atoms with van der Waals surface area (Å²) in [5, 5.41) is 7.08. The third kappa shape index (κ3) is 6.84. The van der Waals surface area contributed by atoms with E-state index in [4.69, 9.17) is 20.0 Å². The largest absolute Gasteiger partial charge is 0.471 e. The molecule has 0 aliphatic carbocycles. The predicted molar refractivity (Wildman–Crippen MR) is 124 cm³/mol. The second kappa shape index (κ2) is 10.5. The van der Waals surface area contributed by atoms with Gasteiger partial charge in [0.05, 0.1) is 5.69 Å². The first-order chi connectivity index (χ1) is 16.7. The second-order valence-electron chi connectivity index (χ2n) is 7.86. The van der Waals surface area contributed by atoms with E-state index >= 15 is 0 Å². The molecule has 12 heteroatoms. The van der Waals surface area contributed by atoms with Crippen LogP contribution in [-0.4, -0.2) is 32.7 Å². The Bertz CT molecular complexity index is 1270. The number of phosphoric ester groups is 1. The van der Waals surface area contributed by atoms with Crippen LogP contribution in [0.3, 0.4) is 0 Å². The smallest absolute Gasteiger partial charge is 0.381 e. The van der Waals surface area contributed by atoms with Crippen LogP contribution in [0.1, 0.15) is 22.6 Å². The summed E-state index contributed by atoms with van der Waals surface area (Å²) in [6.07, 6.45) is 4.70. The van der Waals surface area contributed by atoms with Crippen LogP contribution in [0.4, 0.5) is 14.5 Å². The van der Waals surface area contributed by atoms with Gasteiger partial charge >= 0.3 is 7.82 Å². The van der Waals surface area contributed by atoms with E-state index in [0.717, 1.165) is 17.2 Å². The Kier molecular flexibility index (Phi) is 7.44. The van der Waals surface area contributed by atoms with Gasteiger partial charge in [0.1, 0.15) is 24.5 Å². The standard InChI is InChI=1S/C23H23F2N4O5P/c24-17-9-18(25)11-19(10-17)27-13-16-5-3-15(4-6-16)8-20-12-22(34-28-20)21-2-1-7-29(23(21)26)14-33-35(30,31)32/h1-7,9-12,23,27H,8,13-14,26H2,(H2,30,31,32). The molecular formula is C23H23F2N4O5P. The maximum Gasteiger partial charge on any atom is 0.471 e. The van der Waals surface area contributed by atoms with E-state index in [1.54, 1.807) is 24.4 Å². The lowest BCUT2D eigenvalue weighted by molar-refractivity contribution is 0.110. The number of rotatable bonds is 9.